The first-order valence-electron chi connectivity index (χ1n) is 6.87. The molecule has 1 rings (SSSR count). The van der Waals surface area contributed by atoms with Gasteiger partial charge in [0.2, 0.25) is 5.88 Å². The van der Waals surface area contributed by atoms with E-state index in [1.165, 1.54) is 19.2 Å². The Morgan fingerprint density at radius 2 is 2.05 bits per heavy atom. The quantitative estimate of drug-likeness (QED) is 0.755. The van der Waals surface area contributed by atoms with Crippen molar-refractivity contribution in [3.05, 3.63) is 23.9 Å². The molecule has 22 heavy (non-hydrogen) atoms. The SMILES string of the molecule is CCNC(=O)NC(=O)[C@H](C)OC(=O)c1cccnc1OCC. The standard InChI is InChI=1S/C14H19N3O5/c1-4-15-14(20)17-11(18)9(3)22-13(19)10-7-6-8-16-12(10)21-5-2/h6-9H,4-5H2,1-3H3,(H2,15,17,18,20)/t9-/m0/s1. The van der Waals surface area contributed by atoms with Gasteiger partial charge in [-0.05, 0) is 32.9 Å². The monoisotopic (exact) mass is 309 g/mol. The molecule has 0 radical (unpaired) electrons. The van der Waals surface area contributed by atoms with Crippen LogP contribution in [0, 0.1) is 0 Å². The number of rotatable bonds is 6. The molecule has 0 aromatic carbocycles. The van der Waals surface area contributed by atoms with Gasteiger partial charge in [0.05, 0.1) is 6.61 Å². The van der Waals surface area contributed by atoms with E-state index in [0.717, 1.165) is 0 Å². The summed E-state index contributed by atoms with van der Waals surface area (Å²) < 4.78 is 10.2. The van der Waals surface area contributed by atoms with Gasteiger partial charge < -0.3 is 14.8 Å². The van der Waals surface area contributed by atoms with E-state index < -0.39 is 24.0 Å². The summed E-state index contributed by atoms with van der Waals surface area (Å²) in [5.41, 5.74) is 0.113. The van der Waals surface area contributed by atoms with Gasteiger partial charge in [-0.3, -0.25) is 10.1 Å². The fraction of sp³-hybridized carbons (Fsp3) is 0.429. The Labute approximate surface area is 128 Å². The molecule has 0 aliphatic rings. The van der Waals surface area contributed by atoms with Crippen molar-refractivity contribution in [3.63, 3.8) is 0 Å². The summed E-state index contributed by atoms with van der Waals surface area (Å²) in [5, 5.41) is 4.46. The predicted octanol–water partition coefficient (Wildman–Crippen LogP) is 0.871. The number of imide groups is 1. The molecule has 2 N–H and O–H groups in total. The molecule has 0 fully saturated rings. The van der Waals surface area contributed by atoms with Gasteiger partial charge in [-0.2, -0.15) is 0 Å². The normalized spacial score (nSPS) is 11.2. The van der Waals surface area contributed by atoms with E-state index >= 15 is 0 Å². The van der Waals surface area contributed by atoms with E-state index in [2.05, 4.69) is 15.6 Å². The van der Waals surface area contributed by atoms with E-state index in [0.29, 0.717) is 13.2 Å². The second-order valence-corrected chi connectivity index (χ2v) is 4.19. The number of hydrogen-bond acceptors (Lipinski definition) is 6. The summed E-state index contributed by atoms with van der Waals surface area (Å²) in [6.45, 7) is 5.55. The van der Waals surface area contributed by atoms with Crippen LogP contribution in [0.3, 0.4) is 0 Å². The van der Waals surface area contributed by atoms with Crippen LogP contribution in [0.4, 0.5) is 4.79 Å². The number of carbonyl (C=O) groups is 3. The summed E-state index contributed by atoms with van der Waals surface area (Å²) >= 11 is 0. The van der Waals surface area contributed by atoms with Gasteiger partial charge in [-0.25, -0.2) is 14.6 Å². The molecule has 0 aliphatic heterocycles. The number of nitrogens with one attached hydrogen (secondary N) is 2. The van der Waals surface area contributed by atoms with Crippen LogP contribution >= 0.6 is 0 Å². The zero-order chi connectivity index (χ0) is 16.5. The van der Waals surface area contributed by atoms with E-state index in [1.54, 1.807) is 19.9 Å². The van der Waals surface area contributed by atoms with Gasteiger partial charge in [0.15, 0.2) is 6.10 Å². The van der Waals surface area contributed by atoms with Crippen LogP contribution in [0.5, 0.6) is 5.88 Å². The summed E-state index contributed by atoms with van der Waals surface area (Å²) in [6.07, 6.45) is 0.345. The average molecular weight is 309 g/mol. The molecule has 120 valence electrons. The molecule has 1 atom stereocenters. The van der Waals surface area contributed by atoms with Crippen LogP contribution in [0.1, 0.15) is 31.1 Å². The van der Waals surface area contributed by atoms with E-state index in [1.807, 2.05) is 0 Å². The summed E-state index contributed by atoms with van der Waals surface area (Å²) in [7, 11) is 0. The van der Waals surface area contributed by atoms with Crippen LogP contribution < -0.4 is 15.4 Å². The van der Waals surface area contributed by atoms with Crippen molar-refractivity contribution in [2.75, 3.05) is 13.2 Å². The molecule has 0 saturated heterocycles. The van der Waals surface area contributed by atoms with Gasteiger partial charge in [0.25, 0.3) is 5.91 Å². The number of pyridine rings is 1. The third kappa shape index (κ3) is 5.04. The number of amides is 3. The van der Waals surface area contributed by atoms with Gasteiger partial charge >= 0.3 is 12.0 Å². The van der Waals surface area contributed by atoms with Crippen molar-refractivity contribution in [3.8, 4) is 5.88 Å². The molecular formula is C14H19N3O5. The Balaban J connectivity index is 2.68. The van der Waals surface area contributed by atoms with Crippen molar-refractivity contribution in [1.29, 1.82) is 0 Å². The molecule has 1 aromatic heterocycles. The van der Waals surface area contributed by atoms with Crippen LogP contribution in [-0.2, 0) is 9.53 Å². The average Bonchev–Trinajstić information content (AvgIpc) is 2.48. The van der Waals surface area contributed by atoms with Crippen LogP contribution in [0.25, 0.3) is 0 Å². The highest BCUT2D eigenvalue weighted by atomic mass is 16.6. The third-order valence-electron chi connectivity index (χ3n) is 2.50. The van der Waals surface area contributed by atoms with Crippen molar-refractivity contribution in [2.45, 2.75) is 26.9 Å². The molecule has 0 bridgehead atoms. The van der Waals surface area contributed by atoms with Crippen molar-refractivity contribution < 1.29 is 23.9 Å². The highest BCUT2D eigenvalue weighted by Gasteiger charge is 2.23. The number of hydrogen-bond donors (Lipinski definition) is 2. The van der Waals surface area contributed by atoms with E-state index in [-0.39, 0.29) is 11.4 Å². The summed E-state index contributed by atoms with van der Waals surface area (Å²) in [5.74, 6) is -1.34. The Bertz CT molecular complexity index is 547. The van der Waals surface area contributed by atoms with Crippen molar-refractivity contribution in [1.82, 2.24) is 15.6 Å². The lowest BCUT2D eigenvalue weighted by Gasteiger charge is -2.14. The molecule has 0 unspecified atom stereocenters. The fourth-order valence-corrected chi connectivity index (χ4v) is 1.49. The van der Waals surface area contributed by atoms with E-state index in [9.17, 15) is 14.4 Å². The minimum Gasteiger partial charge on any atom is -0.477 e. The minimum atomic E-state index is -1.13. The molecule has 1 aromatic rings. The molecule has 8 heteroatoms. The summed E-state index contributed by atoms with van der Waals surface area (Å²) in [6, 6.07) is 2.39. The maximum Gasteiger partial charge on any atom is 0.344 e. The molecule has 8 nitrogen and oxygen atoms in total. The lowest BCUT2D eigenvalue weighted by atomic mass is 10.2. The number of ether oxygens (including phenoxy) is 2. The van der Waals surface area contributed by atoms with E-state index in [4.69, 9.17) is 9.47 Å². The smallest absolute Gasteiger partial charge is 0.344 e. The van der Waals surface area contributed by atoms with Crippen LogP contribution in [0.2, 0.25) is 0 Å². The number of nitrogens with zero attached hydrogens (tertiary/aromatic N) is 1. The molecule has 1 heterocycles. The highest BCUT2D eigenvalue weighted by Crippen LogP contribution is 2.16. The second-order valence-electron chi connectivity index (χ2n) is 4.19. The lowest BCUT2D eigenvalue weighted by molar-refractivity contribution is -0.127. The molecule has 3 amide bonds. The Morgan fingerprint density at radius 1 is 1.32 bits per heavy atom. The Morgan fingerprint density at radius 3 is 2.68 bits per heavy atom. The number of urea groups is 1. The number of carbonyl (C=O) groups excluding carboxylic acids is 3. The molecule has 0 aliphatic carbocycles. The molecule has 0 saturated carbocycles. The number of aromatic nitrogens is 1. The maximum atomic E-state index is 12.0. The first kappa shape index (κ1) is 17.4. The first-order chi connectivity index (χ1) is 10.5. The van der Waals surface area contributed by atoms with Crippen molar-refractivity contribution >= 4 is 17.9 Å². The largest absolute Gasteiger partial charge is 0.477 e. The summed E-state index contributed by atoms with van der Waals surface area (Å²) in [4.78, 5) is 38.9. The van der Waals surface area contributed by atoms with Gasteiger partial charge in [0.1, 0.15) is 5.56 Å². The topological polar surface area (TPSA) is 107 Å². The number of esters is 1. The van der Waals surface area contributed by atoms with Gasteiger partial charge in [-0.15, -0.1) is 0 Å². The zero-order valence-electron chi connectivity index (χ0n) is 12.7. The highest BCUT2D eigenvalue weighted by molar-refractivity contribution is 5.99. The van der Waals surface area contributed by atoms with Crippen LogP contribution in [0.15, 0.2) is 18.3 Å². The van der Waals surface area contributed by atoms with Gasteiger partial charge in [0, 0.05) is 12.7 Å². The third-order valence-corrected chi connectivity index (χ3v) is 2.50. The minimum absolute atomic E-state index is 0.113. The fourth-order valence-electron chi connectivity index (χ4n) is 1.49. The first-order valence-corrected chi connectivity index (χ1v) is 6.87. The van der Waals surface area contributed by atoms with Crippen molar-refractivity contribution in [2.24, 2.45) is 0 Å². The van der Waals surface area contributed by atoms with Crippen LogP contribution in [-0.4, -0.2) is 42.1 Å². The second kappa shape index (κ2) is 8.60. The molecule has 0 spiro atoms. The molecular weight excluding hydrogens is 290 g/mol. The lowest BCUT2D eigenvalue weighted by Crippen LogP contribution is -2.44. The van der Waals surface area contributed by atoms with Gasteiger partial charge in [-0.1, -0.05) is 0 Å². The predicted molar refractivity (Wildman–Crippen MR) is 77.5 cm³/mol. The maximum absolute atomic E-state index is 12.0. The Hall–Kier alpha value is -2.64. The zero-order valence-corrected chi connectivity index (χ0v) is 12.7. The Kier molecular flexibility index (Phi) is 6.81.